The summed E-state index contributed by atoms with van der Waals surface area (Å²) in [6.45, 7) is 5.19. The van der Waals surface area contributed by atoms with E-state index in [1.807, 2.05) is 18.2 Å². The second-order valence-electron chi connectivity index (χ2n) is 3.13. The van der Waals surface area contributed by atoms with Crippen molar-refractivity contribution in [1.29, 1.82) is 0 Å². The quantitative estimate of drug-likeness (QED) is 0.550. The second kappa shape index (κ2) is 5.38. The molecule has 0 amide bonds. The van der Waals surface area contributed by atoms with Gasteiger partial charge in [0.2, 0.25) is 0 Å². The summed E-state index contributed by atoms with van der Waals surface area (Å²) in [4.78, 5) is 11.8. The Morgan fingerprint density at radius 2 is 2.00 bits per heavy atom. The molecule has 1 nitrogen and oxygen atoms in total. The van der Waals surface area contributed by atoms with Gasteiger partial charge in [-0.1, -0.05) is 60.4 Å². The van der Waals surface area contributed by atoms with Gasteiger partial charge in [0.1, 0.15) is 0 Å². The number of carbonyl (C=O) groups excluding carboxylic acids is 1. The normalized spacial score (nSPS) is 11.1. The average Bonchev–Trinajstić information content (AvgIpc) is 2.26. The number of benzene rings is 1. The molecule has 1 atom stereocenters. The van der Waals surface area contributed by atoms with Crippen LogP contribution in [-0.4, -0.2) is 5.78 Å². The highest BCUT2D eigenvalue weighted by atomic mass is 35.5. The molecule has 0 spiro atoms. The number of Topliss-reactive ketones (excluding diaryl/α,β-unsaturated/α-hetero) is 1. The van der Waals surface area contributed by atoms with E-state index in [9.17, 15) is 4.79 Å². The first kappa shape index (κ1) is 11.6. The number of hydrogen-bond acceptors (Lipinski definition) is 1. The van der Waals surface area contributed by atoms with E-state index in [4.69, 9.17) is 11.6 Å². The Morgan fingerprint density at radius 1 is 1.40 bits per heavy atom. The summed E-state index contributed by atoms with van der Waals surface area (Å²) in [5.41, 5.74) is 0.666. The zero-order valence-electron chi connectivity index (χ0n) is 8.46. The van der Waals surface area contributed by atoms with Gasteiger partial charge in [0.25, 0.3) is 0 Å². The van der Waals surface area contributed by atoms with Crippen molar-refractivity contribution in [2.45, 2.75) is 6.92 Å². The lowest BCUT2D eigenvalue weighted by molar-refractivity contribution is 0.0957. The summed E-state index contributed by atoms with van der Waals surface area (Å²) in [6, 6.07) is 9.07. The Balaban J connectivity index is 2.80. The van der Waals surface area contributed by atoms with Crippen molar-refractivity contribution < 1.29 is 4.79 Å². The Labute approximate surface area is 94.8 Å². The van der Waals surface area contributed by atoms with Crippen LogP contribution in [0.3, 0.4) is 0 Å². The predicted octanol–water partition coefficient (Wildman–Crippen LogP) is 3.26. The minimum Gasteiger partial charge on any atom is -0.293 e. The molecule has 1 aromatic carbocycles. The van der Waals surface area contributed by atoms with Crippen LogP contribution in [0.5, 0.6) is 0 Å². The largest absolute Gasteiger partial charge is 0.293 e. The minimum absolute atomic E-state index is 0.000941. The molecule has 0 radical (unpaired) electrons. The highest BCUT2D eigenvalue weighted by molar-refractivity contribution is 6.31. The van der Waals surface area contributed by atoms with E-state index in [-0.39, 0.29) is 16.7 Å². The number of allylic oxidation sites excluding steroid dienone is 1. The first-order valence-electron chi connectivity index (χ1n) is 4.56. The standard InChI is InChI=1S/C13H11ClO/c1-10(8-9-11(2)14)13(15)12-6-4-3-5-7-12/h3-7,10H,2H2,1H3. The molecule has 0 aliphatic carbocycles. The average molecular weight is 219 g/mol. The van der Waals surface area contributed by atoms with E-state index >= 15 is 0 Å². The van der Waals surface area contributed by atoms with Gasteiger partial charge >= 0.3 is 0 Å². The Bertz CT molecular complexity index is 423. The molecule has 76 valence electrons. The Hall–Kier alpha value is -1.52. The lowest BCUT2D eigenvalue weighted by atomic mass is 10.00. The van der Waals surface area contributed by atoms with Gasteiger partial charge in [0.15, 0.2) is 5.78 Å². The van der Waals surface area contributed by atoms with Crippen LogP contribution in [-0.2, 0) is 0 Å². The highest BCUT2D eigenvalue weighted by Crippen LogP contribution is 2.08. The fourth-order valence-corrected chi connectivity index (χ4v) is 1.16. The molecule has 0 saturated heterocycles. The lowest BCUT2D eigenvalue weighted by Gasteiger charge is -2.02. The van der Waals surface area contributed by atoms with Gasteiger partial charge in [-0.2, -0.15) is 0 Å². The maximum atomic E-state index is 11.8. The van der Waals surface area contributed by atoms with Crippen molar-refractivity contribution >= 4 is 17.4 Å². The third-order valence-electron chi connectivity index (χ3n) is 1.88. The Kier molecular flexibility index (Phi) is 4.15. The van der Waals surface area contributed by atoms with Gasteiger partial charge in [-0.15, -0.1) is 0 Å². The molecule has 0 aromatic heterocycles. The van der Waals surface area contributed by atoms with Crippen LogP contribution in [0.1, 0.15) is 17.3 Å². The summed E-state index contributed by atoms with van der Waals surface area (Å²) in [7, 11) is 0. The zero-order chi connectivity index (χ0) is 11.3. The molecule has 1 aromatic rings. The molecular weight excluding hydrogens is 208 g/mol. The molecule has 0 saturated carbocycles. The van der Waals surface area contributed by atoms with Gasteiger partial charge in [0.05, 0.1) is 11.0 Å². The number of ketones is 1. The number of halogens is 1. The molecule has 0 N–H and O–H groups in total. The minimum atomic E-state index is -0.358. The van der Waals surface area contributed by atoms with Gasteiger partial charge in [-0.25, -0.2) is 0 Å². The summed E-state index contributed by atoms with van der Waals surface area (Å²) >= 11 is 5.49. The molecule has 15 heavy (non-hydrogen) atoms. The van der Waals surface area contributed by atoms with Gasteiger partial charge in [-0.3, -0.25) is 4.79 Å². The first-order valence-corrected chi connectivity index (χ1v) is 4.94. The van der Waals surface area contributed by atoms with Crippen molar-refractivity contribution in [2.75, 3.05) is 0 Å². The SMILES string of the molecule is C=C(Cl)C#CC(C)C(=O)c1ccccc1. The smallest absolute Gasteiger partial charge is 0.177 e. The number of hydrogen-bond donors (Lipinski definition) is 0. The maximum absolute atomic E-state index is 11.8. The second-order valence-corrected chi connectivity index (χ2v) is 3.58. The number of carbonyl (C=O) groups is 1. The van der Waals surface area contributed by atoms with Crippen LogP contribution in [0.25, 0.3) is 0 Å². The molecular formula is C13H11ClO. The Morgan fingerprint density at radius 3 is 2.53 bits per heavy atom. The molecule has 0 aliphatic rings. The monoisotopic (exact) mass is 218 g/mol. The highest BCUT2D eigenvalue weighted by Gasteiger charge is 2.11. The van der Waals surface area contributed by atoms with Gasteiger partial charge in [0, 0.05) is 5.56 Å². The molecule has 0 bridgehead atoms. The predicted molar refractivity (Wildman–Crippen MR) is 62.7 cm³/mol. The van der Waals surface area contributed by atoms with Crippen LogP contribution in [0.4, 0.5) is 0 Å². The van der Waals surface area contributed by atoms with Crippen LogP contribution >= 0.6 is 11.6 Å². The number of rotatable bonds is 2. The molecule has 1 rings (SSSR count). The molecule has 0 heterocycles. The fraction of sp³-hybridized carbons (Fsp3) is 0.154. The van der Waals surface area contributed by atoms with E-state index in [0.29, 0.717) is 5.56 Å². The van der Waals surface area contributed by atoms with Crippen LogP contribution in [0.15, 0.2) is 41.9 Å². The van der Waals surface area contributed by atoms with Crippen molar-refractivity contribution in [3.8, 4) is 11.8 Å². The van der Waals surface area contributed by atoms with Gasteiger partial charge in [-0.05, 0) is 6.92 Å². The molecule has 2 heteroatoms. The van der Waals surface area contributed by atoms with E-state index in [1.54, 1.807) is 19.1 Å². The van der Waals surface area contributed by atoms with Crippen molar-refractivity contribution in [1.82, 2.24) is 0 Å². The van der Waals surface area contributed by atoms with Crippen molar-refractivity contribution in [3.63, 3.8) is 0 Å². The van der Waals surface area contributed by atoms with Crippen molar-refractivity contribution in [2.24, 2.45) is 5.92 Å². The first-order chi connectivity index (χ1) is 7.11. The topological polar surface area (TPSA) is 17.1 Å². The molecule has 1 unspecified atom stereocenters. The van der Waals surface area contributed by atoms with E-state index in [2.05, 4.69) is 18.4 Å². The summed E-state index contributed by atoms with van der Waals surface area (Å²) in [5.74, 6) is 4.99. The summed E-state index contributed by atoms with van der Waals surface area (Å²) in [6.07, 6.45) is 0. The molecule has 0 aliphatic heterocycles. The van der Waals surface area contributed by atoms with E-state index < -0.39 is 0 Å². The third kappa shape index (κ3) is 3.61. The van der Waals surface area contributed by atoms with Crippen LogP contribution in [0.2, 0.25) is 0 Å². The van der Waals surface area contributed by atoms with Crippen LogP contribution in [0, 0.1) is 17.8 Å². The van der Waals surface area contributed by atoms with Gasteiger partial charge < -0.3 is 0 Å². The van der Waals surface area contributed by atoms with Crippen LogP contribution < -0.4 is 0 Å². The maximum Gasteiger partial charge on any atom is 0.177 e. The third-order valence-corrected chi connectivity index (χ3v) is 1.97. The van der Waals surface area contributed by atoms with Crippen molar-refractivity contribution in [3.05, 3.63) is 47.5 Å². The molecule has 0 fully saturated rings. The van der Waals surface area contributed by atoms with E-state index in [1.165, 1.54) is 0 Å². The van der Waals surface area contributed by atoms with E-state index in [0.717, 1.165) is 0 Å². The summed E-state index contributed by atoms with van der Waals surface area (Å²) < 4.78 is 0. The zero-order valence-corrected chi connectivity index (χ0v) is 9.21. The summed E-state index contributed by atoms with van der Waals surface area (Å²) in [5, 5.41) is 0.253. The fourth-order valence-electron chi connectivity index (χ4n) is 1.10. The lowest BCUT2D eigenvalue weighted by Crippen LogP contribution is -2.08.